The second kappa shape index (κ2) is 4.37. The normalized spacial score (nSPS) is 21.0. The molecule has 15 heavy (non-hydrogen) atoms. The highest BCUT2D eigenvalue weighted by Crippen LogP contribution is 2.25. The molecule has 0 radical (unpaired) electrons. The maximum absolute atomic E-state index is 11.7. The molecule has 3 nitrogen and oxygen atoms in total. The number of thiol groups is 1. The number of aromatic nitrogens is 1. The maximum atomic E-state index is 11.7. The highest BCUT2D eigenvalue weighted by molar-refractivity contribution is 7.80. The Morgan fingerprint density at radius 2 is 2.47 bits per heavy atom. The fraction of sp³-hybridized carbons (Fsp3) is 0.400. The molecule has 2 heterocycles. The molecule has 1 aliphatic rings. The second-order valence-corrected chi connectivity index (χ2v) is 4.41. The van der Waals surface area contributed by atoms with Crippen molar-refractivity contribution >= 4 is 36.4 Å². The van der Waals surface area contributed by atoms with E-state index in [1.165, 1.54) is 0 Å². The molecule has 1 amide bonds. The number of nitrogens with one attached hydrogen (secondary N) is 1. The van der Waals surface area contributed by atoms with Crippen molar-refractivity contribution in [2.24, 2.45) is 5.92 Å². The summed E-state index contributed by atoms with van der Waals surface area (Å²) in [6, 6.07) is 3.73. The Bertz CT molecular complexity index is 429. The number of carbonyl (C=O) groups excluding carboxylic acids is 1. The summed E-state index contributed by atoms with van der Waals surface area (Å²) in [6.07, 6.45) is 2.34. The van der Waals surface area contributed by atoms with Crippen LogP contribution in [0.15, 0.2) is 18.3 Å². The van der Waals surface area contributed by atoms with Crippen LogP contribution in [0.25, 0.3) is 0 Å². The molecule has 1 saturated heterocycles. The van der Waals surface area contributed by atoms with Gasteiger partial charge in [-0.15, -0.1) is 0 Å². The predicted molar refractivity (Wildman–Crippen MR) is 65.9 cm³/mol. The largest absolute Gasteiger partial charge is 0.351 e. The number of anilines is 1. The molecule has 1 unspecified atom stereocenters. The summed E-state index contributed by atoms with van der Waals surface area (Å²) in [7, 11) is 0. The van der Waals surface area contributed by atoms with Gasteiger partial charge in [-0.1, -0.05) is 12.2 Å². The highest BCUT2D eigenvalue weighted by Gasteiger charge is 2.30. The molecule has 1 N–H and O–H groups in total. The number of rotatable bonds is 2. The minimum Gasteiger partial charge on any atom is -0.351 e. The van der Waals surface area contributed by atoms with E-state index in [0.29, 0.717) is 17.0 Å². The number of carbonyl (C=O) groups is 1. The molecule has 2 rings (SSSR count). The molecule has 0 bridgehead atoms. The molecule has 0 aliphatic carbocycles. The van der Waals surface area contributed by atoms with Crippen LogP contribution >= 0.6 is 24.8 Å². The third-order valence-electron chi connectivity index (χ3n) is 2.55. The number of amides is 1. The summed E-state index contributed by atoms with van der Waals surface area (Å²) in [4.78, 5) is 16.4. The summed E-state index contributed by atoms with van der Waals surface area (Å²) >= 11 is 9.37. The van der Waals surface area contributed by atoms with Crippen LogP contribution in [0.3, 0.4) is 0 Å². The summed E-state index contributed by atoms with van der Waals surface area (Å²) in [6.45, 7) is 0.726. The lowest BCUT2D eigenvalue weighted by atomic mass is 10.1. The topological polar surface area (TPSA) is 36.1 Å². The zero-order chi connectivity index (χ0) is 10.8. The van der Waals surface area contributed by atoms with E-state index >= 15 is 0 Å². The zero-order valence-electron chi connectivity index (χ0n) is 8.14. The van der Waals surface area contributed by atoms with Crippen LogP contribution < -0.4 is 4.90 Å². The van der Waals surface area contributed by atoms with Crippen molar-refractivity contribution in [1.82, 2.24) is 4.98 Å². The van der Waals surface area contributed by atoms with Crippen molar-refractivity contribution in [3.8, 4) is 0 Å². The summed E-state index contributed by atoms with van der Waals surface area (Å²) in [5.41, 5.74) is 0.807. The van der Waals surface area contributed by atoms with Crippen LogP contribution in [0.5, 0.6) is 0 Å². The van der Waals surface area contributed by atoms with Crippen LogP contribution in [0.4, 0.5) is 5.69 Å². The first-order valence-electron chi connectivity index (χ1n) is 4.81. The Kier molecular flexibility index (Phi) is 3.11. The van der Waals surface area contributed by atoms with Crippen LogP contribution in [0.2, 0.25) is 0 Å². The Hall–Kier alpha value is -0.810. The molecule has 0 saturated carbocycles. The van der Waals surface area contributed by atoms with Crippen molar-refractivity contribution in [2.75, 3.05) is 17.2 Å². The average Bonchev–Trinajstić information content (AvgIpc) is 2.60. The molecule has 0 spiro atoms. The van der Waals surface area contributed by atoms with Crippen LogP contribution in [0, 0.1) is 10.6 Å². The van der Waals surface area contributed by atoms with Crippen molar-refractivity contribution in [2.45, 2.75) is 6.42 Å². The molecule has 5 heteroatoms. The van der Waals surface area contributed by atoms with E-state index in [0.717, 1.165) is 18.0 Å². The fourth-order valence-corrected chi connectivity index (χ4v) is 2.25. The lowest BCUT2D eigenvalue weighted by Gasteiger charge is -2.15. The number of nitrogens with zero attached hydrogens (tertiary/aromatic N) is 1. The Labute approximate surface area is 98.9 Å². The molecule has 1 fully saturated rings. The Morgan fingerprint density at radius 3 is 3.07 bits per heavy atom. The number of pyridine rings is 1. The van der Waals surface area contributed by atoms with Crippen molar-refractivity contribution in [1.29, 1.82) is 0 Å². The average molecular weight is 240 g/mol. The van der Waals surface area contributed by atoms with Gasteiger partial charge in [-0.05, 0) is 23.8 Å². The molecule has 80 valence electrons. The van der Waals surface area contributed by atoms with E-state index in [1.54, 1.807) is 11.1 Å². The van der Waals surface area contributed by atoms with E-state index in [1.807, 2.05) is 12.1 Å². The first-order valence-corrected chi connectivity index (χ1v) is 5.85. The first kappa shape index (κ1) is 10.7. The van der Waals surface area contributed by atoms with E-state index in [4.69, 9.17) is 12.2 Å². The smallest absolute Gasteiger partial charge is 0.227 e. The molecule has 1 atom stereocenters. The van der Waals surface area contributed by atoms with Crippen LogP contribution in [-0.2, 0) is 4.79 Å². The molecule has 1 aromatic rings. The standard InChI is InChI=1S/C10H12N2OS2/c13-9-4-7(6-14)5-12(9)8-2-1-3-11-10(8)15/h1-3,7,14H,4-6H2,(H,11,15). The van der Waals surface area contributed by atoms with Crippen molar-refractivity contribution < 1.29 is 4.79 Å². The SMILES string of the molecule is O=C1CC(CS)CN1c1ccc[nH]c1=S. The highest BCUT2D eigenvalue weighted by atomic mass is 32.1. The molecule has 0 aromatic carbocycles. The minimum atomic E-state index is 0.139. The van der Waals surface area contributed by atoms with Gasteiger partial charge in [0.25, 0.3) is 0 Å². The first-order chi connectivity index (χ1) is 7.22. The van der Waals surface area contributed by atoms with Gasteiger partial charge in [0.2, 0.25) is 5.91 Å². The van der Waals surface area contributed by atoms with Gasteiger partial charge in [0.1, 0.15) is 4.64 Å². The van der Waals surface area contributed by atoms with Gasteiger partial charge in [-0.3, -0.25) is 4.79 Å². The predicted octanol–water partition coefficient (Wildman–Crippen LogP) is 2.03. The van der Waals surface area contributed by atoms with E-state index in [2.05, 4.69) is 17.6 Å². The second-order valence-electron chi connectivity index (χ2n) is 3.64. The Balaban J connectivity index is 2.29. The number of aromatic amines is 1. The van der Waals surface area contributed by atoms with Gasteiger partial charge in [0, 0.05) is 19.2 Å². The Morgan fingerprint density at radius 1 is 1.67 bits per heavy atom. The van der Waals surface area contributed by atoms with Crippen molar-refractivity contribution in [3.63, 3.8) is 0 Å². The number of hydrogen-bond acceptors (Lipinski definition) is 3. The summed E-state index contributed by atoms with van der Waals surface area (Å²) in [5.74, 6) is 1.22. The van der Waals surface area contributed by atoms with Crippen molar-refractivity contribution in [3.05, 3.63) is 23.0 Å². The lowest BCUT2D eigenvalue weighted by Crippen LogP contribution is -2.25. The van der Waals surface area contributed by atoms with E-state index < -0.39 is 0 Å². The van der Waals surface area contributed by atoms with E-state index in [9.17, 15) is 4.79 Å². The van der Waals surface area contributed by atoms with Gasteiger partial charge in [-0.25, -0.2) is 0 Å². The third-order valence-corrected chi connectivity index (χ3v) is 3.39. The van der Waals surface area contributed by atoms with Gasteiger partial charge < -0.3 is 9.88 Å². The van der Waals surface area contributed by atoms with Gasteiger partial charge in [0.15, 0.2) is 0 Å². The third kappa shape index (κ3) is 2.08. The maximum Gasteiger partial charge on any atom is 0.227 e. The summed E-state index contributed by atoms with van der Waals surface area (Å²) < 4.78 is 0.616. The van der Waals surface area contributed by atoms with Crippen LogP contribution in [0.1, 0.15) is 6.42 Å². The van der Waals surface area contributed by atoms with Gasteiger partial charge in [-0.2, -0.15) is 12.6 Å². The van der Waals surface area contributed by atoms with Crippen LogP contribution in [-0.4, -0.2) is 23.2 Å². The molecule has 1 aliphatic heterocycles. The van der Waals surface area contributed by atoms with Gasteiger partial charge >= 0.3 is 0 Å². The minimum absolute atomic E-state index is 0.139. The summed E-state index contributed by atoms with van der Waals surface area (Å²) in [5, 5.41) is 0. The number of hydrogen-bond donors (Lipinski definition) is 2. The molecule has 1 aromatic heterocycles. The van der Waals surface area contributed by atoms with Gasteiger partial charge in [0.05, 0.1) is 5.69 Å². The monoisotopic (exact) mass is 240 g/mol. The number of H-pyrrole nitrogens is 1. The molecular weight excluding hydrogens is 228 g/mol. The fourth-order valence-electron chi connectivity index (χ4n) is 1.76. The quantitative estimate of drug-likeness (QED) is 0.613. The molecular formula is C10H12N2OS2. The zero-order valence-corrected chi connectivity index (χ0v) is 9.85. The lowest BCUT2D eigenvalue weighted by molar-refractivity contribution is -0.117. The van der Waals surface area contributed by atoms with E-state index in [-0.39, 0.29) is 5.91 Å².